The summed E-state index contributed by atoms with van der Waals surface area (Å²) >= 11 is 3.51. The van der Waals surface area contributed by atoms with Gasteiger partial charge in [0.2, 0.25) is 12.3 Å². The third-order valence-electron chi connectivity index (χ3n) is 7.16. The van der Waals surface area contributed by atoms with Gasteiger partial charge in [0.25, 0.3) is 0 Å². The van der Waals surface area contributed by atoms with Crippen molar-refractivity contribution in [2.45, 2.75) is 12.5 Å². The topological polar surface area (TPSA) is 76.6 Å². The summed E-state index contributed by atoms with van der Waals surface area (Å²) in [6.07, 6.45) is 4.91. The lowest BCUT2D eigenvalue weighted by Gasteiger charge is -2.29. The van der Waals surface area contributed by atoms with E-state index in [9.17, 15) is 4.79 Å². The lowest BCUT2D eigenvalue weighted by Crippen LogP contribution is -2.36. The summed E-state index contributed by atoms with van der Waals surface area (Å²) in [7, 11) is 1.98. The second-order valence-corrected chi connectivity index (χ2v) is 10.4. The van der Waals surface area contributed by atoms with E-state index in [1.54, 1.807) is 11.1 Å². The molecule has 1 aliphatic heterocycles. The number of morpholine rings is 1. The van der Waals surface area contributed by atoms with Crippen molar-refractivity contribution in [1.29, 1.82) is 0 Å². The van der Waals surface area contributed by atoms with E-state index in [0.29, 0.717) is 17.9 Å². The normalized spacial score (nSPS) is 14.5. The number of nitrogens with zero attached hydrogens (tertiary/aromatic N) is 5. The molecule has 1 saturated heterocycles. The van der Waals surface area contributed by atoms with E-state index in [2.05, 4.69) is 50.1 Å². The molecular formula is C30H28BrN5O3. The molecule has 4 heterocycles. The number of hydrogen-bond donors (Lipinski definition) is 0. The molecular weight excluding hydrogens is 558 g/mol. The first-order valence-corrected chi connectivity index (χ1v) is 13.7. The summed E-state index contributed by atoms with van der Waals surface area (Å²) in [6.45, 7) is 3.29. The largest absolute Gasteiger partial charge is 0.440 e. The van der Waals surface area contributed by atoms with Crippen molar-refractivity contribution in [2.24, 2.45) is 7.05 Å². The zero-order valence-corrected chi connectivity index (χ0v) is 23.1. The fourth-order valence-corrected chi connectivity index (χ4v) is 5.48. The number of benzene rings is 2. The Hall–Kier alpha value is -3.95. The number of furan rings is 1. The fraction of sp³-hybridized carbons (Fsp3) is 0.233. The zero-order valence-electron chi connectivity index (χ0n) is 21.5. The van der Waals surface area contributed by atoms with Crippen molar-refractivity contribution >= 4 is 44.9 Å². The van der Waals surface area contributed by atoms with Crippen molar-refractivity contribution in [2.75, 3.05) is 36.1 Å². The molecule has 1 amide bonds. The summed E-state index contributed by atoms with van der Waals surface area (Å²) in [5, 5.41) is 0.906. The number of rotatable bonds is 8. The Morgan fingerprint density at radius 2 is 1.87 bits per heavy atom. The number of imidazole rings is 1. The maximum absolute atomic E-state index is 12.6. The summed E-state index contributed by atoms with van der Waals surface area (Å²) in [5.41, 5.74) is 4.76. The molecule has 3 aromatic heterocycles. The van der Waals surface area contributed by atoms with Crippen LogP contribution in [-0.2, 0) is 23.0 Å². The van der Waals surface area contributed by atoms with Crippen LogP contribution in [0.3, 0.4) is 0 Å². The number of fused-ring (bicyclic) bond motifs is 1. The van der Waals surface area contributed by atoms with Gasteiger partial charge in [-0.25, -0.2) is 4.98 Å². The second-order valence-electron chi connectivity index (χ2n) is 9.53. The van der Waals surface area contributed by atoms with E-state index >= 15 is 0 Å². The summed E-state index contributed by atoms with van der Waals surface area (Å²) in [4.78, 5) is 25.9. The van der Waals surface area contributed by atoms with Crippen LogP contribution < -0.4 is 9.80 Å². The van der Waals surface area contributed by atoms with Crippen LogP contribution in [0.25, 0.3) is 22.2 Å². The quantitative estimate of drug-likeness (QED) is 0.215. The van der Waals surface area contributed by atoms with Gasteiger partial charge in [-0.05, 0) is 48.0 Å². The number of carbonyl (C=O) groups excluding carboxylic acids is 1. The van der Waals surface area contributed by atoms with Crippen molar-refractivity contribution in [3.63, 3.8) is 0 Å². The van der Waals surface area contributed by atoms with Crippen LogP contribution in [0, 0.1) is 0 Å². The lowest BCUT2D eigenvalue weighted by molar-refractivity contribution is -0.108. The summed E-state index contributed by atoms with van der Waals surface area (Å²) in [6, 6.07) is 21.5. The zero-order chi connectivity index (χ0) is 26.8. The fourth-order valence-electron chi connectivity index (χ4n) is 5.10. The van der Waals surface area contributed by atoms with Crippen LogP contribution in [0.4, 0.5) is 11.6 Å². The first-order valence-electron chi connectivity index (χ1n) is 12.9. The van der Waals surface area contributed by atoms with Gasteiger partial charge in [-0.2, -0.15) is 0 Å². The number of aromatic nitrogens is 3. The first-order chi connectivity index (χ1) is 19.1. The van der Waals surface area contributed by atoms with Crippen molar-refractivity contribution < 1.29 is 13.9 Å². The molecule has 8 nitrogen and oxygen atoms in total. The molecule has 0 unspecified atom stereocenters. The van der Waals surface area contributed by atoms with E-state index in [0.717, 1.165) is 65.3 Å². The smallest absolute Gasteiger partial charge is 0.217 e. The van der Waals surface area contributed by atoms with Gasteiger partial charge >= 0.3 is 0 Å². The molecule has 0 N–H and O–H groups in total. The Morgan fingerprint density at radius 1 is 1.05 bits per heavy atom. The van der Waals surface area contributed by atoms with Crippen LogP contribution in [0.1, 0.15) is 17.6 Å². The van der Waals surface area contributed by atoms with Gasteiger partial charge < -0.3 is 18.6 Å². The molecule has 2 aromatic carbocycles. The molecule has 0 aliphatic carbocycles. The minimum Gasteiger partial charge on any atom is -0.440 e. The molecule has 39 heavy (non-hydrogen) atoms. The first kappa shape index (κ1) is 25.3. The molecule has 198 valence electrons. The Kier molecular flexibility index (Phi) is 7.17. The molecule has 6 rings (SSSR count). The Labute approximate surface area is 235 Å². The monoisotopic (exact) mass is 585 g/mol. The van der Waals surface area contributed by atoms with Gasteiger partial charge in [0.15, 0.2) is 0 Å². The highest BCUT2D eigenvalue weighted by molar-refractivity contribution is 9.10. The SMILES string of the molecule is Cn1c(-c2ccc(N3CCOCC3)cc2)cnc1[C@H](Cc1ccccn1)N(C=O)c1cc2cc(Br)ccc2o1. The minimum absolute atomic E-state index is 0.437. The average molecular weight is 586 g/mol. The van der Waals surface area contributed by atoms with Crippen molar-refractivity contribution in [3.8, 4) is 11.3 Å². The maximum atomic E-state index is 12.6. The number of ether oxygens (including phenoxy) is 1. The van der Waals surface area contributed by atoms with Crippen LogP contribution in [0.15, 0.2) is 88.0 Å². The summed E-state index contributed by atoms with van der Waals surface area (Å²) < 4.78 is 14.6. The highest BCUT2D eigenvalue weighted by Crippen LogP contribution is 2.35. The number of hydrogen-bond acceptors (Lipinski definition) is 6. The predicted octanol–water partition coefficient (Wildman–Crippen LogP) is 5.77. The van der Waals surface area contributed by atoms with E-state index in [1.807, 2.05) is 60.3 Å². The molecule has 0 saturated carbocycles. The molecule has 1 fully saturated rings. The molecule has 1 aliphatic rings. The van der Waals surface area contributed by atoms with Crippen molar-refractivity contribution in [3.05, 3.63) is 95.1 Å². The standard InChI is InChI=1S/C30H28BrN5O3/c1-34-27(21-5-8-25(9-6-21)35-12-14-38-15-13-35)19-33-30(34)26(18-24-4-2-3-11-32-24)36(20-37)29-17-22-16-23(31)7-10-28(22)39-29/h2-11,16-17,19-20,26H,12-15,18H2,1H3/t26-/m0/s1. The van der Waals surface area contributed by atoms with Crippen LogP contribution in [0.2, 0.25) is 0 Å². The maximum Gasteiger partial charge on any atom is 0.217 e. The summed E-state index contributed by atoms with van der Waals surface area (Å²) in [5.74, 6) is 1.19. The van der Waals surface area contributed by atoms with E-state index in [-0.39, 0.29) is 0 Å². The third kappa shape index (κ3) is 5.20. The van der Waals surface area contributed by atoms with Crippen LogP contribution in [0.5, 0.6) is 0 Å². The van der Waals surface area contributed by atoms with Gasteiger partial charge in [-0.15, -0.1) is 0 Å². The number of halogens is 1. The van der Waals surface area contributed by atoms with E-state index in [1.165, 1.54) is 5.69 Å². The van der Waals surface area contributed by atoms with Crippen molar-refractivity contribution in [1.82, 2.24) is 14.5 Å². The van der Waals surface area contributed by atoms with Gasteiger partial charge in [0.1, 0.15) is 17.4 Å². The molecule has 0 radical (unpaired) electrons. The lowest BCUT2D eigenvalue weighted by atomic mass is 10.1. The second kappa shape index (κ2) is 11.0. The highest BCUT2D eigenvalue weighted by atomic mass is 79.9. The number of pyridine rings is 1. The molecule has 1 atom stereocenters. The van der Waals surface area contributed by atoms with E-state index < -0.39 is 6.04 Å². The van der Waals surface area contributed by atoms with Gasteiger partial charge in [-0.3, -0.25) is 14.7 Å². The number of carbonyl (C=O) groups is 1. The van der Waals surface area contributed by atoms with Gasteiger partial charge in [-0.1, -0.05) is 34.1 Å². The Bertz CT molecular complexity index is 1580. The van der Waals surface area contributed by atoms with Gasteiger partial charge in [0.05, 0.1) is 25.1 Å². The average Bonchev–Trinajstić information content (AvgIpc) is 3.57. The number of anilines is 2. The Balaban J connectivity index is 1.36. The number of amides is 1. The highest BCUT2D eigenvalue weighted by Gasteiger charge is 2.29. The third-order valence-corrected chi connectivity index (χ3v) is 7.65. The van der Waals surface area contributed by atoms with Gasteiger partial charge in [0, 0.05) is 60.1 Å². The van der Waals surface area contributed by atoms with E-state index in [4.69, 9.17) is 14.1 Å². The molecule has 9 heteroatoms. The molecule has 0 bridgehead atoms. The predicted molar refractivity (Wildman–Crippen MR) is 155 cm³/mol. The molecule has 0 spiro atoms. The minimum atomic E-state index is -0.437. The molecule has 5 aromatic rings. The van der Waals surface area contributed by atoms with Crippen LogP contribution in [-0.4, -0.2) is 47.2 Å². The Morgan fingerprint density at radius 3 is 2.62 bits per heavy atom. The van der Waals surface area contributed by atoms with Crippen LogP contribution >= 0.6 is 15.9 Å².